The second-order valence-corrected chi connectivity index (χ2v) is 12.6. The molecule has 3 fully saturated rings. The highest BCUT2D eigenvalue weighted by Crippen LogP contribution is 2.39. The van der Waals surface area contributed by atoms with Crippen LogP contribution in [0.5, 0.6) is 11.5 Å². The van der Waals surface area contributed by atoms with Crippen molar-refractivity contribution >= 4 is 17.7 Å². The Bertz CT molecular complexity index is 1470. The first-order valence-corrected chi connectivity index (χ1v) is 16.0. The Morgan fingerprint density at radius 3 is 2.42 bits per heavy atom. The van der Waals surface area contributed by atoms with E-state index in [0.717, 1.165) is 17.7 Å². The molecule has 2 saturated carbocycles. The smallest absolute Gasteiger partial charge is 0.387 e. The number of rotatable bonds is 13. The van der Waals surface area contributed by atoms with Crippen LogP contribution in [0.25, 0.3) is 0 Å². The maximum Gasteiger partial charge on any atom is 0.387 e. The van der Waals surface area contributed by atoms with Gasteiger partial charge in [0.2, 0.25) is 17.7 Å². The maximum absolute atomic E-state index is 13.7. The minimum absolute atomic E-state index is 0.101. The summed E-state index contributed by atoms with van der Waals surface area (Å²) >= 11 is 0. The van der Waals surface area contributed by atoms with Crippen molar-refractivity contribution in [3.63, 3.8) is 0 Å². The van der Waals surface area contributed by atoms with Gasteiger partial charge in [-0.15, -0.1) is 0 Å². The third-order valence-corrected chi connectivity index (χ3v) is 9.03. The largest absolute Gasteiger partial charge is 0.489 e. The van der Waals surface area contributed by atoms with Crippen molar-refractivity contribution in [1.29, 1.82) is 0 Å². The molecule has 1 unspecified atom stereocenters. The number of nitrogens with one attached hydrogen (secondary N) is 1. The van der Waals surface area contributed by atoms with E-state index in [1.165, 1.54) is 36.1 Å². The number of alkyl halides is 6. The second kappa shape index (κ2) is 15.0. The molecule has 2 aliphatic carbocycles. The number of halogens is 6. The number of ether oxygens (including phenoxy) is 2. The van der Waals surface area contributed by atoms with Crippen LogP contribution < -0.4 is 14.8 Å². The molecule has 3 aliphatic rings. The van der Waals surface area contributed by atoms with Crippen LogP contribution in [0.3, 0.4) is 0 Å². The Kier molecular flexibility index (Phi) is 11.0. The number of aromatic nitrogens is 1. The lowest BCUT2D eigenvalue weighted by atomic mass is 9.91. The molecular formula is C33H38F6N4O5. The standard InChI is InChI=1S/C33H38F6N4O5/c1-19(44)42-16-22(21-7-8-27(48-32(36)37)28(14-21)47-18-20-5-6-20)13-26(42)30(45)40-15-23-3-2-4-25(41-23)31(46)43(17-29(34)35)24-9-11-33(38,39)12-10-24/h2-4,7-8,14,20,22,24,26,29,32H,5-6,9-13,15-18H2,1H3,(H,40,45)/t22?,26-/m1/s1. The van der Waals surface area contributed by atoms with Crippen molar-refractivity contribution in [2.75, 3.05) is 19.7 Å². The van der Waals surface area contributed by atoms with Gasteiger partial charge in [-0.05, 0) is 67.9 Å². The lowest BCUT2D eigenvalue weighted by molar-refractivity contribution is -0.136. The van der Waals surface area contributed by atoms with E-state index in [-0.39, 0.29) is 67.1 Å². The summed E-state index contributed by atoms with van der Waals surface area (Å²) in [5.41, 5.74) is 0.772. The minimum atomic E-state index is -3.04. The van der Waals surface area contributed by atoms with Crippen molar-refractivity contribution < 1.29 is 50.2 Å². The highest BCUT2D eigenvalue weighted by Gasteiger charge is 2.40. The maximum atomic E-state index is 13.7. The van der Waals surface area contributed by atoms with Gasteiger partial charge >= 0.3 is 6.61 Å². The number of carbonyl (C=O) groups excluding carboxylic acids is 3. The Balaban J connectivity index is 1.24. The molecule has 1 aromatic heterocycles. The van der Waals surface area contributed by atoms with Crippen LogP contribution in [0.15, 0.2) is 36.4 Å². The van der Waals surface area contributed by atoms with Crippen LogP contribution in [0, 0.1) is 5.92 Å². The van der Waals surface area contributed by atoms with Gasteiger partial charge in [0, 0.05) is 38.3 Å². The van der Waals surface area contributed by atoms with Gasteiger partial charge in [0.1, 0.15) is 11.7 Å². The number of hydrogen-bond donors (Lipinski definition) is 1. The van der Waals surface area contributed by atoms with Gasteiger partial charge in [-0.1, -0.05) is 12.1 Å². The van der Waals surface area contributed by atoms with Crippen LogP contribution in [-0.4, -0.2) is 83.2 Å². The molecule has 2 atom stereocenters. The SMILES string of the molecule is CC(=O)N1CC(c2ccc(OC(F)F)c(OCC3CC3)c2)C[C@@H]1C(=O)NCc1cccc(C(=O)N(CC(F)F)C2CCC(F)(F)CC2)n1. The number of hydrogen-bond acceptors (Lipinski definition) is 6. The lowest BCUT2D eigenvalue weighted by Crippen LogP contribution is -2.46. The average Bonchev–Trinajstić information content (AvgIpc) is 3.76. The quantitative estimate of drug-likeness (QED) is 0.269. The number of nitrogens with zero attached hydrogens (tertiary/aromatic N) is 3. The normalized spacial score (nSPS) is 21.0. The summed E-state index contributed by atoms with van der Waals surface area (Å²) in [7, 11) is 0. The zero-order valence-corrected chi connectivity index (χ0v) is 26.4. The van der Waals surface area contributed by atoms with Gasteiger partial charge in [0.05, 0.1) is 25.4 Å². The first kappa shape index (κ1) is 35.3. The van der Waals surface area contributed by atoms with Crippen molar-refractivity contribution in [3.05, 3.63) is 53.3 Å². The topological polar surface area (TPSA) is 101 Å². The Morgan fingerprint density at radius 1 is 1.04 bits per heavy atom. The van der Waals surface area contributed by atoms with E-state index in [9.17, 15) is 40.7 Å². The third kappa shape index (κ3) is 9.10. The zero-order chi connectivity index (χ0) is 34.6. The summed E-state index contributed by atoms with van der Waals surface area (Å²) < 4.78 is 90.6. The molecule has 9 nitrogen and oxygen atoms in total. The average molecular weight is 685 g/mol. The number of benzene rings is 1. The van der Waals surface area contributed by atoms with Crippen LogP contribution in [0.1, 0.15) is 79.5 Å². The molecule has 0 radical (unpaired) electrons. The van der Waals surface area contributed by atoms with Gasteiger partial charge in [-0.3, -0.25) is 14.4 Å². The molecule has 5 rings (SSSR count). The summed E-state index contributed by atoms with van der Waals surface area (Å²) in [6.45, 7) is -2.21. The Morgan fingerprint density at radius 2 is 1.77 bits per heavy atom. The molecule has 1 N–H and O–H groups in total. The summed E-state index contributed by atoms with van der Waals surface area (Å²) in [6, 6.07) is 7.30. The molecule has 1 saturated heterocycles. The van der Waals surface area contributed by atoms with Crippen molar-refractivity contribution in [3.8, 4) is 11.5 Å². The van der Waals surface area contributed by atoms with Crippen molar-refractivity contribution in [2.45, 2.75) is 95.4 Å². The number of likely N-dealkylation sites (tertiary alicyclic amines) is 1. The number of pyridine rings is 1. The van der Waals surface area contributed by atoms with Crippen LogP contribution in [0.4, 0.5) is 26.3 Å². The van der Waals surface area contributed by atoms with Crippen molar-refractivity contribution in [1.82, 2.24) is 20.1 Å². The first-order chi connectivity index (χ1) is 22.8. The fraction of sp³-hybridized carbons (Fsp3) is 0.576. The molecule has 262 valence electrons. The highest BCUT2D eigenvalue weighted by atomic mass is 19.3. The van der Waals surface area contributed by atoms with Crippen molar-refractivity contribution in [2.24, 2.45) is 5.92 Å². The van der Waals surface area contributed by atoms with E-state index >= 15 is 0 Å². The number of amides is 3. The third-order valence-electron chi connectivity index (χ3n) is 9.03. The van der Waals surface area contributed by atoms with Gasteiger partial charge in [0.25, 0.3) is 12.3 Å². The summed E-state index contributed by atoms with van der Waals surface area (Å²) in [5, 5.41) is 2.73. The molecule has 2 heterocycles. The monoisotopic (exact) mass is 684 g/mol. The van der Waals surface area contributed by atoms with E-state index in [4.69, 9.17) is 4.74 Å². The van der Waals surface area contributed by atoms with Gasteiger partial charge in [0.15, 0.2) is 11.5 Å². The fourth-order valence-corrected chi connectivity index (χ4v) is 6.27. The summed E-state index contributed by atoms with van der Waals surface area (Å²) in [5.74, 6) is -4.43. The first-order valence-electron chi connectivity index (χ1n) is 16.0. The number of carbonyl (C=O) groups is 3. The molecule has 0 bridgehead atoms. The zero-order valence-electron chi connectivity index (χ0n) is 26.4. The lowest BCUT2D eigenvalue weighted by Gasteiger charge is -2.36. The van der Waals surface area contributed by atoms with Gasteiger partial charge < -0.3 is 24.6 Å². The molecule has 3 amide bonds. The molecule has 1 aromatic carbocycles. The Labute approximate surface area is 273 Å². The van der Waals surface area contributed by atoms with E-state index in [0.29, 0.717) is 18.1 Å². The van der Waals surface area contributed by atoms with Crippen LogP contribution in [0.2, 0.25) is 0 Å². The Hall–Kier alpha value is -4.04. The van der Waals surface area contributed by atoms with Crippen LogP contribution in [-0.2, 0) is 16.1 Å². The molecular weight excluding hydrogens is 646 g/mol. The predicted molar refractivity (Wildman–Crippen MR) is 160 cm³/mol. The van der Waals surface area contributed by atoms with E-state index in [1.54, 1.807) is 12.1 Å². The molecule has 0 spiro atoms. The van der Waals surface area contributed by atoms with E-state index < -0.39 is 62.2 Å². The van der Waals surface area contributed by atoms with Gasteiger partial charge in [-0.2, -0.15) is 8.78 Å². The summed E-state index contributed by atoms with van der Waals surface area (Å²) in [4.78, 5) is 45.7. The predicted octanol–water partition coefficient (Wildman–Crippen LogP) is 5.78. The fourth-order valence-electron chi connectivity index (χ4n) is 6.27. The molecule has 2 aromatic rings. The molecule has 48 heavy (non-hydrogen) atoms. The molecule has 15 heteroatoms. The van der Waals surface area contributed by atoms with Gasteiger partial charge in [-0.25, -0.2) is 22.5 Å². The van der Waals surface area contributed by atoms with E-state index in [1.807, 2.05) is 0 Å². The molecule has 1 aliphatic heterocycles. The highest BCUT2D eigenvalue weighted by molar-refractivity contribution is 5.92. The summed E-state index contributed by atoms with van der Waals surface area (Å²) in [6.07, 6.45) is -1.88. The van der Waals surface area contributed by atoms with E-state index in [2.05, 4.69) is 15.0 Å². The van der Waals surface area contributed by atoms with Crippen LogP contribution >= 0.6 is 0 Å². The second-order valence-electron chi connectivity index (χ2n) is 12.6. The minimum Gasteiger partial charge on any atom is -0.489 e.